The van der Waals surface area contributed by atoms with Gasteiger partial charge in [0.15, 0.2) is 14.8 Å². The van der Waals surface area contributed by atoms with Crippen molar-refractivity contribution >= 4 is 31.9 Å². The SMILES string of the molecule is CS(=O)(=O)c1cc([N+](=O)[O-])c(N2CCCC3(CC3)C2)s1. The number of hydrogen-bond acceptors (Lipinski definition) is 6. The topological polar surface area (TPSA) is 80.5 Å². The summed E-state index contributed by atoms with van der Waals surface area (Å²) in [7, 11) is -3.40. The highest BCUT2D eigenvalue weighted by atomic mass is 32.2. The average Bonchev–Trinajstić information content (AvgIpc) is 2.94. The molecule has 20 heavy (non-hydrogen) atoms. The second kappa shape index (κ2) is 4.42. The third-order valence-corrected chi connectivity index (χ3v) is 7.13. The van der Waals surface area contributed by atoms with Crippen molar-refractivity contribution in [3.05, 3.63) is 16.2 Å². The lowest BCUT2D eigenvalue weighted by atomic mass is 9.95. The summed E-state index contributed by atoms with van der Waals surface area (Å²) in [6, 6.07) is 1.20. The highest BCUT2D eigenvalue weighted by Gasteiger charge is 2.46. The van der Waals surface area contributed by atoms with Gasteiger partial charge in [0.25, 0.3) is 0 Å². The van der Waals surface area contributed by atoms with Crippen LogP contribution < -0.4 is 4.90 Å². The highest BCUT2D eigenvalue weighted by Crippen LogP contribution is 2.54. The van der Waals surface area contributed by atoms with E-state index in [1.807, 2.05) is 4.90 Å². The van der Waals surface area contributed by atoms with Crippen molar-refractivity contribution in [2.24, 2.45) is 5.41 Å². The predicted octanol–water partition coefficient (Wildman–Crippen LogP) is 2.44. The molecule has 1 saturated heterocycles. The smallest absolute Gasteiger partial charge is 0.305 e. The molecular formula is C12H16N2O4S2. The quantitative estimate of drug-likeness (QED) is 0.632. The van der Waals surface area contributed by atoms with Gasteiger partial charge in [-0.2, -0.15) is 0 Å². The summed E-state index contributed by atoms with van der Waals surface area (Å²) >= 11 is 1.03. The van der Waals surface area contributed by atoms with Crippen LogP contribution in [0.4, 0.5) is 10.7 Å². The summed E-state index contributed by atoms with van der Waals surface area (Å²) in [6.07, 6.45) is 5.65. The molecule has 1 aromatic heterocycles. The number of hydrogen-bond donors (Lipinski definition) is 0. The molecule has 0 unspecified atom stereocenters. The van der Waals surface area contributed by atoms with Crippen LogP contribution >= 0.6 is 11.3 Å². The van der Waals surface area contributed by atoms with Gasteiger partial charge in [-0.3, -0.25) is 10.1 Å². The Balaban J connectivity index is 1.99. The maximum Gasteiger partial charge on any atom is 0.305 e. The van der Waals surface area contributed by atoms with E-state index in [9.17, 15) is 18.5 Å². The summed E-state index contributed by atoms with van der Waals surface area (Å²) in [6.45, 7) is 1.59. The first-order chi connectivity index (χ1) is 9.31. The first kappa shape index (κ1) is 13.8. The van der Waals surface area contributed by atoms with Crippen LogP contribution in [0.3, 0.4) is 0 Å². The summed E-state index contributed by atoms with van der Waals surface area (Å²) < 4.78 is 23.3. The van der Waals surface area contributed by atoms with Crippen molar-refractivity contribution in [1.82, 2.24) is 0 Å². The summed E-state index contributed by atoms with van der Waals surface area (Å²) in [5, 5.41) is 11.7. The third-order valence-electron chi connectivity index (χ3n) is 4.14. The van der Waals surface area contributed by atoms with Crippen LogP contribution in [0.1, 0.15) is 25.7 Å². The molecule has 8 heteroatoms. The summed E-state index contributed by atoms with van der Waals surface area (Å²) in [5.74, 6) is 0. The normalized spacial score (nSPS) is 21.1. The van der Waals surface area contributed by atoms with Gasteiger partial charge in [0, 0.05) is 25.4 Å². The molecule has 6 nitrogen and oxygen atoms in total. The fourth-order valence-electron chi connectivity index (χ4n) is 2.86. The van der Waals surface area contributed by atoms with Crippen LogP contribution in [0.15, 0.2) is 10.3 Å². The first-order valence-corrected chi connectivity index (χ1v) is 9.25. The lowest BCUT2D eigenvalue weighted by Crippen LogP contribution is -2.36. The van der Waals surface area contributed by atoms with E-state index in [0.29, 0.717) is 10.4 Å². The van der Waals surface area contributed by atoms with Crippen molar-refractivity contribution in [1.29, 1.82) is 0 Å². The maximum atomic E-state index is 11.6. The van der Waals surface area contributed by atoms with Crippen LogP contribution in [0, 0.1) is 15.5 Å². The number of anilines is 1. The van der Waals surface area contributed by atoms with Gasteiger partial charge in [0.2, 0.25) is 0 Å². The Morgan fingerprint density at radius 3 is 2.65 bits per heavy atom. The minimum atomic E-state index is -3.40. The first-order valence-electron chi connectivity index (χ1n) is 6.54. The second-order valence-electron chi connectivity index (χ2n) is 5.81. The van der Waals surface area contributed by atoms with Crippen molar-refractivity contribution < 1.29 is 13.3 Å². The van der Waals surface area contributed by atoms with Crippen LogP contribution in [0.5, 0.6) is 0 Å². The Kier molecular flexibility index (Phi) is 3.06. The molecule has 1 aliphatic heterocycles. The van der Waals surface area contributed by atoms with E-state index >= 15 is 0 Å². The van der Waals surface area contributed by atoms with Crippen molar-refractivity contribution in [3.8, 4) is 0 Å². The van der Waals surface area contributed by atoms with E-state index in [-0.39, 0.29) is 9.90 Å². The minimum absolute atomic E-state index is 0.0758. The molecule has 0 bridgehead atoms. The summed E-state index contributed by atoms with van der Waals surface area (Å²) in [5.41, 5.74) is 0.259. The van der Waals surface area contributed by atoms with Crippen LogP contribution in [-0.2, 0) is 9.84 Å². The molecule has 0 atom stereocenters. The number of piperidine rings is 1. The van der Waals surface area contributed by atoms with E-state index < -0.39 is 14.8 Å². The van der Waals surface area contributed by atoms with Gasteiger partial charge in [-0.1, -0.05) is 11.3 Å². The summed E-state index contributed by atoms with van der Waals surface area (Å²) in [4.78, 5) is 12.7. The Morgan fingerprint density at radius 2 is 2.10 bits per heavy atom. The fourth-order valence-corrected chi connectivity index (χ4v) is 4.91. The van der Waals surface area contributed by atoms with Gasteiger partial charge in [-0.25, -0.2) is 8.42 Å². The van der Waals surface area contributed by atoms with Gasteiger partial charge in [0.05, 0.1) is 4.92 Å². The minimum Gasteiger partial charge on any atom is -0.357 e. The largest absolute Gasteiger partial charge is 0.357 e. The number of thiophene rings is 1. The van der Waals surface area contributed by atoms with Crippen molar-refractivity contribution in [2.75, 3.05) is 24.2 Å². The Labute approximate surface area is 121 Å². The van der Waals surface area contributed by atoms with Crippen LogP contribution in [0.25, 0.3) is 0 Å². The zero-order valence-electron chi connectivity index (χ0n) is 11.2. The number of nitrogens with zero attached hydrogens (tertiary/aromatic N) is 2. The van der Waals surface area contributed by atoms with Crippen LogP contribution in [0.2, 0.25) is 0 Å². The van der Waals surface area contributed by atoms with Gasteiger partial charge in [-0.15, -0.1) is 0 Å². The zero-order valence-corrected chi connectivity index (χ0v) is 12.8. The Hall–Kier alpha value is -1.15. The molecule has 0 aromatic carbocycles. The molecule has 1 aromatic rings. The molecule has 2 aliphatic rings. The monoisotopic (exact) mass is 316 g/mol. The Bertz CT molecular complexity index is 661. The molecule has 2 heterocycles. The molecule has 0 amide bonds. The third kappa shape index (κ3) is 2.42. The van der Waals surface area contributed by atoms with E-state index in [4.69, 9.17) is 0 Å². The molecule has 0 N–H and O–H groups in total. The number of nitro groups is 1. The van der Waals surface area contributed by atoms with Crippen LogP contribution in [-0.4, -0.2) is 32.7 Å². The van der Waals surface area contributed by atoms with E-state index in [1.54, 1.807) is 0 Å². The maximum absolute atomic E-state index is 11.6. The molecular weight excluding hydrogens is 300 g/mol. The standard InChI is InChI=1S/C12H16N2O4S2/c1-20(17,18)10-7-9(14(15)16)11(19-10)13-6-2-3-12(8-13)4-5-12/h7H,2-6,8H2,1H3. The molecule has 1 saturated carbocycles. The average molecular weight is 316 g/mol. The molecule has 0 radical (unpaired) electrons. The lowest BCUT2D eigenvalue weighted by molar-refractivity contribution is -0.383. The number of sulfone groups is 1. The van der Waals surface area contributed by atoms with Gasteiger partial charge < -0.3 is 4.90 Å². The van der Waals surface area contributed by atoms with Gasteiger partial charge >= 0.3 is 5.69 Å². The molecule has 110 valence electrons. The second-order valence-corrected chi connectivity index (χ2v) is 9.08. The van der Waals surface area contributed by atoms with Crippen molar-refractivity contribution in [2.45, 2.75) is 29.9 Å². The van der Waals surface area contributed by atoms with E-state index in [2.05, 4.69) is 0 Å². The molecule has 1 aliphatic carbocycles. The molecule has 3 rings (SSSR count). The number of rotatable bonds is 3. The molecule has 1 spiro atoms. The van der Waals surface area contributed by atoms with Crippen molar-refractivity contribution in [3.63, 3.8) is 0 Å². The highest BCUT2D eigenvalue weighted by molar-refractivity contribution is 7.92. The Morgan fingerprint density at radius 1 is 1.40 bits per heavy atom. The molecule has 2 fully saturated rings. The van der Waals surface area contributed by atoms with E-state index in [1.165, 1.54) is 25.3 Å². The lowest BCUT2D eigenvalue weighted by Gasteiger charge is -2.33. The fraction of sp³-hybridized carbons (Fsp3) is 0.667. The van der Waals surface area contributed by atoms with Gasteiger partial charge in [0.1, 0.15) is 4.21 Å². The van der Waals surface area contributed by atoms with Gasteiger partial charge in [-0.05, 0) is 31.1 Å². The van der Waals surface area contributed by atoms with E-state index in [0.717, 1.165) is 37.1 Å². The zero-order chi connectivity index (χ0) is 14.5. The predicted molar refractivity (Wildman–Crippen MR) is 77.2 cm³/mol.